The van der Waals surface area contributed by atoms with Crippen molar-refractivity contribution < 1.29 is 24.0 Å². The second-order valence-electron chi connectivity index (χ2n) is 6.61. The van der Waals surface area contributed by atoms with Crippen molar-refractivity contribution in [1.29, 1.82) is 0 Å². The van der Waals surface area contributed by atoms with E-state index in [4.69, 9.17) is 9.47 Å². The van der Waals surface area contributed by atoms with Crippen molar-refractivity contribution in [2.24, 2.45) is 0 Å². The number of anilines is 1. The monoisotopic (exact) mass is 418 g/mol. The van der Waals surface area contributed by atoms with Gasteiger partial charge >= 0.3 is 11.7 Å². The van der Waals surface area contributed by atoms with Gasteiger partial charge in [-0.3, -0.25) is 14.9 Å². The molecule has 0 radical (unpaired) electrons. The number of benzene rings is 1. The largest absolute Gasteiger partial charge is 0.474 e. The predicted octanol–water partition coefficient (Wildman–Crippen LogP) is 4.12. The predicted molar refractivity (Wildman–Crippen MR) is 109 cm³/mol. The maximum absolute atomic E-state index is 12.7. The minimum atomic E-state index is -0.995. The number of hydrogen-bond acceptors (Lipinski definition) is 7. The lowest BCUT2D eigenvalue weighted by atomic mass is 9.95. The zero-order valence-electron chi connectivity index (χ0n) is 16.2. The van der Waals surface area contributed by atoms with Gasteiger partial charge in [-0.2, -0.15) is 0 Å². The van der Waals surface area contributed by atoms with Gasteiger partial charge in [0.2, 0.25) is 0 Å². The van der Waals surface area contributed by atoms with E-state index in [2.05, 4.69) is 5.32 Å². The summed E-state index contributed by atoms with van der Waals surface area (Å²) in [5.74, 6) is -0.932. The molecule has 1 heterocycles. The van der Waals surface area contributed by atoms with Crippen LogP contribution in [0.1, 0.15) is 47.5 Å². The van der Waals surface area contributed by atoms with Crippen LogP contribution in [0.2, 0.25) is 0 Å². The average molecular weight is 418 g/mol. The van der Waals surface area contributed by atoms with Gasteiger partial charge in [-0.05, 0) is 51.2 Å². The van der Waals surface area contributed by atoms with Gasteiger partial charge < -0.3 is 14.8 Å². The molecule has 29 heavy (non-hydrogen) atoms. The Balaban J connectivity index is 1.81. The van der Waals surface area contributed by atoms with E-state index in [0.29, 0.717) is 10.6 Å². The lowest BCUT2D eigenvalue weighted by Crippen LogP contribution is -2.30. The number of nitrogens with zero attached hydrogens (tertiary/aromatic N) is 1. The summed E-state index contributed by atoms with van der Waals surface area (Å²) in [7, 11) is 0. The average Bonchev–Trinajstić information content (AvgIpc) is 3.06. The van der Waals surface area contributed by atoms with Crippen LogP contribution in [-0.4, -0.2) is 29.5 Å². The fourth-order valence-electron chi connectivity index (χ4n) is 3.24. The quantitative estimate of drug-likeness (QED) is 0.412. The van der Waals surface area contributed by atoms with Crippen molar-refractivity contribution in [1.82, 2.24) is 0 Å². The Labute approximate surface area is 172 Å². The van der Waals surface area contributed by atoms with Crippen LogP contribution in [-0.2, 0) is 22.4 Å². The third-order valence-corrected chi connectivity index (χ3v) is 5.83. The third-order valence-electron chi connectivity index (χ3n) is 4.62. The number of fused-ring (bicyclic) bond motifs is 1. The topological polar surface area (TPSA) is 108 Å². The molecule has 1 aliphatic carbocycles. The molecule has 0 spiro atoms. The summed E-state index contributed by atoms with van der Waals surface area (Å²) >= 11 is 1.38. The number of carbonyl (C=O) groups is 2. The van der Waals surface area contributed by atoms with E-state index in [1.54, 1.807) is 13.0 Å². The molecule has 2 aromatic rings. The number of hydrogen-bond donors (Lipinski definition) is 1. The van der Waals surface area contributed by atoms with Crippen molar-refractivity contribution in [2.45, 2.75) is 45.6 Å². The standard InChI is InChI=1S/C20H22N2O6S/c1-3-27-20(24)17-13-8-4-7-11-16(13)29-19(17)21-18(23)12(2)28-15-10-6-5-9-14(15)22(25)26/h5-6,9-10,12H,3-4,7-8,11H2,1-2H3,(H,21,23). The highest BCUT2D eigenvalue weighted by molar-refractivity contribution is 7.17. The summed E-state index contributed by atoms with van der Waals surface area (Å²) in [6.45, 7) is 3.48. The number of aryl methyl sites for hydroxylation is 1. The molecule has 1 atom stereocenters. The van der Waals surface area contributed by atoms with Gasteiger partial charge in [-0.15, -0.1) is 11.3 Å². The molecule has 3 rings (SSSR count). The van der Waals surface area contributed by atoms with Gasteiger partial charge in [-0.1, -0.05) is 12.1 Å². The van der Waals surface area contributed by atoms with Gasteiger partial charge in [-0.25, -0.2) is 4.79 Å². The van der Waals surface area contributed by atoms with Crippen LogP contribution in [0.15, 0.2) is 24.3 Å². The second-order valence-corrected chi connectivity index (χ2v) is 7.71. The summed E-state index contributed by atoms with van der Waals surface area (Å²) in [6, 6.07) is 5.87. The molecule has 0 saturated carbocycles. The smallest absolute Gasteiger partial charge is 0.341 e. The van der Waals surface area contributed by atoms with Crippen LogP contribution in [0.5, 0.6) is 5.75 Å². The number of nitrogens with one attached hydrogen (secondary N) is 1. The summed E-state index contributed by atoms with van der Waals surface area (Å²) in [5, 5.41) is 14.3. The number of nitro groups is 1. The van der Waals surface area contributed by atoms with Crippen LogP contribution in [0.4, 0.5) is 10.7 Å². The highest BCUT2D eigenvalue weighted by Crippen LogP contribution is 2.38. The minimum absolute atomic E-state index is 0.0104. The third kappa shape index (κ3) is 4.56. The number of amides is 1. The van der Waals surface area contributed by atoms with Crippen molar-refractivity contribution in [3.63, 3.8) is 0 Å². The lowest BCUT2D eigenvalue weighted by Gasteiger charge is -2.15. The molecule has 1 aromatic heterocycles. The molecule has 0 fully saturated rings. The second kappa shape index (κ2) is 9.04. The fourth-order valence-corrected chi connectivity index (χ4v) is 4.52. The molecular formula is C20H22N2O6S. The van der Waals surface area contributed by atoms with E-state index in [9.17, 15) is 19.7 Å². The number of thiophene rings is 1. The molecule has 1 aromatic carbocycles. The molecule has 0 bridgehead atoms. The number of nitro benzene ring substituents is 1. The normalized spacial score (nSPS) is 13.9. The van der Waals surface area contributed by atoms with E-state index >= 15 is 0 Å². The highest BCUT2D eigenvalue weighted by atomic mass is 32.1. The Morgan fingerprint density at radius 1 is 1.28 bits per heavy atom. The van der Waals surface area contributed by atoms with Crippen LogP contribution in [0.3, 0.4) is 0 Å². The molecule has 154 valence electrons. The Hall–Kier alpha value is -2.94. The Kier molecular flexibility index (Phi) is 6.48. The van der Waals surface area contributed by atoms with E-state index < -0.39 is 22.9 Å². The zero-order chi connectivity index (χ0) is 21.0. The van der Waals surface area contributed by atoms with Gasteiger partial charge in [0.15, 0.2) is 11.9 Å². The van der Waals surface area contributed by atoms with Crippen LogP contribution in [0.25, 0.3) is 0 Å². The zero-order valence-corrected chi connectivity index (χ0v) is 17.0. The molecule has 1 unspecified atom stereocenters. The van der Waals surface area contributed by atoms with E-state index in [1.165, 1.54) is 36.5 Å². The first kappa shape index (κ1) is 20.8. The van der Waals surface area contributed by atoms with Crippen molar-refractivity contribution in [2.75, 3.05) is 11.9 Å². The molecule has 0 saturated heterocycles. The molecule has 1 aliphatic rings. The van der Waals surface area contributed by atoms with Gasteiger partial charge in [0.05, 0.1) is 17.1 Å². The number of carbonyl (C=O) groups excluding carboxylic acids is 2. The Morgan fingerprint density at radius 3 is 2.72 bits per heavy atom. The maximum Gasteiger partial charge on any atom is 0.341 e. The number of ether oxygens (including phenoxy) is 2. The number of rotatable bonds is 7. The maximum atomic E-state index is 12.7. The Bertz CT molecular complexity index is 939. The first-order valence-electron chi connectivity index (χ1n) is 9.45. The van der Waals surface area contributed by atoms with Crippen LogP contribution < -0.4 is 10.1 Å². The van der Waals surface area contributed by atoms with Gasteiger partial charge in [0.1, 0.15) is 5.00 Å². The van der Waals surface area contributed by atoms with Crippen molar-refractivity contribution >= 4 is 33.9 Å². The van der Waals surface area contributed by atoms with Crippen LogP contribution in [0, 0.1) is 10.1 Å². The molecule has 9 heteroatoms. The van der Waals surface area contributed by atoms with Crippen LogP contribution >= 0.6 is 11.3 Å². The van der Waals surface area contributed by atoms with E-state index in [0.717, 1.165) is 36.1 Å². The SMILES string of the molecule is CCOC(=O)c1c(NC(=O)C(C)Oc2ccccc2[N+](=O)[O-])sc2c1CCCC2. The summed E-state index contributed by atoms with van der Waals surface area (Å²) in [6.07, 6.45) is 2.68. The van der Waals surface area contributed by atoms with E-state index in [1.807, 2.05) is 0 Å². The van der Waals surface area contributed by atoms with Crippen molar-refractivity contribution in [3.8, 4) is 5.75 Å². The van der Waals surface area contributed by atoms with E-state index in [-0.39, 0.29) is 18.0 Å². The molecule has 1 N–H and O–H groups in total. The first-order chi connectivity index (χ1) is 13.9. The van der Waals surface area contributed by atoms with Gasteiger partial charge in [0.25, 0.3) is 5.91 Å². The fraction of sp³-hybridized carbons (Fsp3) is 0.400. The molecular weight excluding hydrogens is 396 g/mol. The number of esters is 1. The first-order valence-corrected chi connectivity index (χ1v) is 10.3. The van der Waals surface area contributed by atoms with Gasteiger partial charge in [0, 0.05) is 10.9 Å². The lowest BCUT2D eigenvalue weighted by molar-refractivity contribution is -0.386. The highest BCUT2D eigenvalue weighted by Gasteiger charge is 2.29. The molecule has 1 amide bonds. The summed E-state index contributed by atoms with van der Waals surface area (Å²) < 4.78 is 10.7. The van der Waals surface area contributed by atoms with Crippen molar-refractivity contribution in [3.05, 3.63) is 50.4 Å². The summed E-state index contributed by atoms with van der Waals surface area (Å²) in [5.41, 5.74) is 1.14. The molecule has 0 aliphatic heterocycles. The number of para-hydroxylation sites is 2. The molecule has 8 nitrogen and oxygen atoms in total. The summed E-state index contributed by atoms with van der Waals surface area (Å²) in [4.78, 5) is 36.8. The Morgan fingerprint density at radius 2 is 2.00 bits per heavy atom. The minimum Gasteiger partial charge on any atom is -0.474 e.